The molecule has 1 aliphatic carbocycles. The lowest BCUT2D eigenvalue weighted by atomic mass is 9.84. The lowest BCUT2D eigenvalue weighted by Gasteiger charge is -2.38. The van der Waals surface area contributed by atoms with E-state index in [2.05, 4.69) is 52.6 Å². The standard InChI is InChI=1S/C27H52OSi/c1-7-8-9-10-11-12-13-14-15-16-18-21-25-22-19-17-20-23-26(25)24-28-29(5,6)27(2,3)4/h7-9,25-26H,1,10-24H2,2-6H3/b9-8+/t25-,26+/m1/s1. The van der Waals surface area contributed by atoms with E-state index in [1.54, 1.807) is 0 Å². The summed E-state index contributed by atoms with van der Waals surface area (Å²) in [5, 5.41) is 0.329. The van der Waals surface area contributed by atoms with E-state index in [0.717, 1.165) is 18.4 Å². The topological polar surface area (TPSA) is 9.23 Å². The Morgan fingerprint density at radius 3 is 2.07 bits per heavy atom. The summed E-state index contributed by atoms with van der Waals surface area (Å²) in [5.74, 6) is 1.73. The smallest absolute Gasteiger partial charge is 0.191 e. The highest BCUT2D eigenvalue weighted by Gasteiger charge is 2.38. The van der Waals surface area contributed by atoms with Gasteiger partial charge in [0.05, 0.1) is 0 Å². The van der Waals surface area contributed by atoms with Gasteiger partial charge in [-0.2, -0.15) is 0 Å². The van der Waals surface area contributed by atoms with Crippen LogP contribution >= 0.6 is 0 Å². The third-order valence-corrected chi connectivity index (χ3v) is 12.0. The zero-order valence-corrected chi connectivity index (χ0v) is 21.6. The average molecular weight is 421 g/mol. The molecule has 0 saturated heterocycles. The van der Waals surface area contributed by atoms with Crippen molar-refractivity contribution in [2.24, 2.45) is 11.8 Å². The molecule has 2 atom stereocenters. The summed E-state index contributed by atoms with van der Waals surface area (Å²) in [6.45, 7) is 16.7. The Morgan fingerprint density at radius 2 is 1.45 bits per heavy atom. The van der Waals surface area contributed by atoms with Gasteiger partial charge in [-0.1, -0.05) is 116 Å². The van der Waals surface area contributed by atoms with Crippen LogP contribution in [0.5, 0.6) is 0 Å². The first-order chi connectivity index (χ1) is 13.8. The minimum atomic E-state index is -1.61. The van der Waals surface area contributed by atoms with Crippen molar-refractivity contribution >= 4 is 8.32 Å². The zero-order chi connectivity index (χ0) is 21.6. The summed E-state index contributed by atoms with van der Waals surface area (Å²) < 4.78 is 6.65. The maximum Gasteiger partial charge on any atom is 0.191 e. The molecule has 0 spiro atoms. The number of allylic oxidation sites excluding steroid dienone is 3. The van der Waals surface area contributed by atoms with Crippen LogP contribution in [0.15, 0.2) is 24.8 Å². The highest BCUT2D eigenvalue weighted by molar-refractivity contribution is 6.74. The van der Waals surface area contributed by atoms with Crippen molar-refractivity contribution in [2.75, 3.05) is 6.61 Å². The molecular weight excluding hydrogens is 368 g/mol. The Morgan fingerprint density at radius 1 is 0.862 bits per heavy atom. The van der Waals surface area contributed by atoms with Gasteiger partial charge >= 0.3 is 0 Å². The number of hydrogen-bond donors (Lipinski definition) is 0. The van der Waals surface area contributed by atoms with Gasteiger partial charge in [0.2, 0.25) is 0 Å². The van der Waals surface area contributed by atoms with Crippen LogP contribution in [0.2, 0.25) is 18.1 Å². The number of rotatable bonds is 14. The highest BCUT2D eigenvalue weighted by atomic mass is 28.4. The van der Waals surface area contributed by atoms with Gasteiger partial charge in [-0.05, 0) is 49.2 Å². The Kier molecular flexibility index (Phi) is 13.5. The maximum absolute atomic E-state index is 6.65. The predicted octanol–water partition coefficient (Wildman–Crippen LogP) is 9.46. The molecule has 0 aromatic rings. The second-order valence-corrected chi connectivity index (χ2v) is 15.8. The van der Waals surface area contributed by atoms with Crippen LogP contribution in [0.3, 0.4) is 0 Å². The molecule has 29 heavy (non-hydrogen) atoms. The monoisotopic (exact) mass is 420 g/mol. The van der Waals surface area contributed by atoms with E-state index in [4.69, 9.17) is 4.43 Å². The first kappa shape index (κ1) is 26.7. The molecular formula is C27H52OSi. The fraction of sp³-hybridized carbons (Fsp3) is 0.852. The van der Waals surface area contributed by atoms with E-state index in [9.17, 15) is 0 Å². The Balaban J connectivity index is 2.24. The van der Waals surface area contributed by atoms with Crippen LogP contribution < -0.4 is 0 Å². The van der Waals surface area contributed by atoms with Gasteiger partial charge in [0, 0.05) is 6.61 Å². The summed E-state index contributed by atoms with van der Waals surface area (Å²) in [6.07, 6.45) is 25.9. The lowest BCUT2D eigenvalue weighted by Crippen LogP contribution is -2.42. The van der Waals surface area contributed by atoms with E-state index in [1.807, 2.05) is 6.08 Å². The van der Waals surface area contributed by atoms with Crippen molar-refractivity contribution in [2.45, 2.75) is 129 Å². The molecule has 170 valence electrons. The van der Waals surface area contributed by atoms with Crippen LogP contribution in [0.1, 0.15) is 111 Å². The van der Waals surface area contributed by atoms with Crippen LogP contribution in [-0.4, -0.2) is 14.9 Å². The number of hydrogen-bond acceptors (Lipinski definition) is 1. The summed E-state index contributed by atoms with van der Waals surface area (Å²) in [5.41, 5.74) is 0. The Labute approximate surface area is 184 Å². The van der Waals surface area contributed by atoms with Gasteiger partial charge in [-0.25, -0.2) is 0 Å². The minimum absolute atomic E-state index is 0.329. The molecule has 1 rings (SSSR count). The molecule has 2 heteroatoms. The molecule has 1 saturated carbocycles. The average Bonchev–Trinajstić information content (AvgIpc) is 2.88. The molecule has 0 unspecified atom stereocenters. The molecule has 0 bridgehead atoms. The Hall–Kier alpha value is -0.343. The molecule has 1 fully saturated rings. The first-order valence-electron chi connectivity index (χ1n) is 12.7. The minimum Gasteiger partial charge on any atom is -0.417 e. The van der Waals surface area contributed by atoms with Crippen molar-refractivity contribution in [3.63, 3.8) is 0 Å². The normalized spacial score (nSPS) is 21.4. The second kappa shape index (κ2) is 14.6. The van der Waals surface area contributed by atoms with Crippen molar-refractivity contribution in [1.82, 2.24) is 0 Å². The zero-order valence-electron chi connectivity index (χ0n) is 20.6. The quantitative estimate of drug-likeness (QED) is 0.118. The van der Waals surface area contributed by atoms with Crippen molar-refractivity contribution in [3.05, 3.63) is 24.8 Å². The van der Waals surface area contributed by atoms with Gasteiger partial charge < -0.3 is 4.43 Å². The van der Waals surface area contributed by atoms with Crippen molar-refractivity contribution < 1.29 is 4.43 Å². The van der Waals surface area contributed by atoms with E-state index in [0.29, 0.717) is 5.04 Å². The molecule has 1 aliphatic rings. The Bertz CT molecular complexity index is 446. The molecule has 0 N–H and O–H groups in total. The van der Waals surface area contributed by atoms with Gasteiger partial charge in [-0.3, -0.25) is 0 Å². The van der Waals surface area contributed by atoms with E-state index < -0.39 is 8.32 Å². The summed E-state index contributed by atoms with van der Waals surface area (Å²) in [6, 6.07) is 0. The van der Waals surface area contributed by atoms with Gasteiger partial charge in [0.25, 0.3) is 0 Å². The molecule has 1 nitrogen and oxygen atoms in total. The van der Waals surface area contributed by atoms with Crippen LogP contribution in [-0.2, 0) is 4.43 Å². The van der Waals surface area contributed by atoms with E-state index >= 15 is 0 Å². The molecule has 0 aromatic carbocycles. The van der Waals surface area contributed by atoms with Gasteiger partial charge in [0.15, 0.2) is 8.32 Å². The third-order valence-electron chi connectivity index (χ3n) is 7.50. The molecule has 0 radical (unpaired) electrons. The van der Waals surface area contributed by atoms with Crippen LogP contribution in [0.25, 0.3) is 0 Å². The van der Waals surface area contributed by atoms with Crippen LogP contribution in [0, 0.1) is 11.8 Å². The lowest BCUT2D eigenvalue weighted by molar-refractivity contribution is 0.163. The van der Waals surface area contributed by atoms with Crippen LogP contribution in [0.4, 0.5) is 0 Å². The van der Waals surface area contributed by atoms with E-state index in [-0.39, 0.29) is 0 Å². The van der Waals surface area contributed by atoms with E-state index in [1.165, 1.54) is 89.9 Å². The van der Waals surface area contributed by atoms with Gasteiger partial charge in [0.1, 0.15) is 0 Å². The predicted molar refractivity (Wildman–Crippen MR) is 134 cm³/mol. The summed E-state index contributed by atoms with van der Waals surface area (Å²) >= 11 is 0. The largest absolute Gasteiger partial charge is 0.417 e. The maximum atomic E-state index is 6.65. The summed E-state index contributed by atoms with van der Waals surface area (Å²) in [7, 11) is -1.61. The fourth-order valence-corrected chi connectivity index (χ4v) is 5.40. The second-order valence-electron chi connectivity index (χ2n) is 10.9. The molecule has 0 heterocycles. The highest BCUT2D eigenvalue weighted by Crippen LogP contribution is 2.39. The van der Waals surface area contributed by atoms with Gasteiger partial charge in [-0.15, -0.1) is 0 Å². The molecule has 0 amide bonds. The first-order valence-corrected chi connectivity index (χ1v) is 15.6. The van der Waals surface area contributed by atoms with Crippen molar-refractivity contribution in [1.29, 1.82) is 0 Å². The van der Waals surface area contributed by atoms with Crippen molar-refractivity contribution in [3.8, 4) is 0 Å². The molecule has 0 aliphatic heterocycles. The fourth-order valence-electron chi connectivity index (χ4n) is 4.34. The summed E-state index contributed by atoms with van der Waals surface area (Å²) in [4.78, 5) is 0. The third kappa shape index (κ3) is 11.6. The molecule has 0 aromatic heterocycles. The SMILES string of the molecule is C=C/C=C/CCCCCCCCC[C@@H]1CCCCC[C@H]1CO[Si](C)(C)C(C)(C)C. The number of unbranched alkanes of at least 4 members (excludes halogenated alkanes) is 7.